The lowest BCUT2D eigenvalue weighted by molar-refractivity contribution is -0.138. The fourth-order valence-electron chi connectivity index (χ4n) is 3.32. The Morgan fingerprint density at radius 3 is 2.22 bits per heavy atom. The van der Waals surface area contributed by atoms with Crippen LogP contribution in [0.2, 0.25) is 0 Å². The zero-order valence-electron chi connectivity index (χ0n) is 15.7. The molecule has 144 valence electrons. The molecule has 1 aromatic carbocycles. The predicted molar refractivity (Wildman–Crippen MR) is 98.9 cm³/mol. The van der Waals surface area contributed by atoms with Crippen LogP contribution in [0.4, 0.5) is 4.39 Å². The lowest BCUT2D eigenvalue weighted by Crippen LogP contribution is -2.51. The van der Waals surface area contributed by atoms with E-state index in [9.17, 15) is 14.0 Å². The first kappa shape index (κ1) is 18.9. The average Bonchev–Trinajstić information content (AvgIpc) is 3.06. The third-order valence-electron chi connectivity index (χ3n) is 4.82. The van der Waals surface area contributed by atoms with Crippen molar-refractivity contribution in [3.63, 3.8) is 0 Å². The van der Waals surface area contributed by atoms with Crippen molar-refractivity contribution >= 4 is 11.8 Å². The number of methoxy groups -OCH3 is 1. The van der Waals surface area contributed by atoms with Gasteiger partial charge in [0.25, 0.3) is 0 Å². The van der Waals surface area contributed by atoms with Crippen molar-refractivity contribution in [2.45, 2.75) is 12.8 Å². The Morgan fingerprint density at radius 1 is 1.04 bits per heavy atom. The van der Waals surface area contributed by atoms with Crippen molar-refractivity contribution in [3.05, 3.63) is 53.6 Å². The summed E-state index contributed by atoms with van der Waals surface area (Å²) in [5, 5.41) is 0. The number of halogens is 1. The van der Waals surface area contributed by atoms with E-state index in [2.05, 4.69) is 0 Å². The molecule has 0 bridgehead atoms. The van der Waals surface area contributed by atoms with E-state index < -0.39 is 5.82 Å². The van der Waals surface area contributed by atoms with Crippen LogP contribution in [0.1, 0.15) is 11.1 Å². The monoisotopic (exact) mass is 373 g/mol. The van der Waals surface area contributed by atoms with Crippen LogP contribution < -0.4 is 4.74 Å². The average molecular weight is 373 g/mol. The molecule has 2 heterocycles. The number of nitrogens with zero attached hydrogens (tertiary/aromatic N) is 3. The Balaban J connectivity index is 1.53. The van der Waals surface area contributed by atoms with Gasteiger partial charge in [0.1, 0.15) is 11.6 Å². The molecule has 0 radical (unpaired) electrons. The van der Waals surface area contributed by atoms with Gasteiger partial charge in [-0.05, 0) is 29.8 Å². The third kappa shape index (κ3) is 4.67. The summed E-state index contributed by atoms with van der Waals surface area (Å²) in [6.45, 7) is 1.99. The van der Waals surface area contributed by atoms with Crippen LogP contribution in [0.25, 0.3) is 0 Å². The number of hydrogen-bond acceptors (Lipinski definition) is 3. The van der Waals surface area contributed by atoms with Crippen LogP contribution in [0.5, 0.6) is 5.75 Å². The molecule has 1 aromatic heterocycles. The normalized spacial score (nSPS) is 14.3. The third-order valence-corrected chi connectivity index (χ3v) is 4.82. The van der Waals surface area contributed by atoms with E-state index in [4.69, 9.17) is 4.74 Å². The zero-order chi connectivity index (χ0) is 19.4. The van der Waals surface area contributed by atoms with Crippen LogP contribution in [0.15, 0.2) is 36.7 Å². The van der Waals surface area contributed by atoms with Crippen LogP contribution in [0, 0.1) is 5.82 Å². The summed E-state index contributed by atoms with van der Waals surface area (Å²) in [5.41, 5.74) is 1.52. The molecule has 0 unspecified atom stereocenters. The number of aromatic nitrogens is 1. The van der Waals surface area contributed by atoms with Gasteiger partial charge < -0.3 is 19.1 Å². The highest BCUT2D eigenvalue weighted by atomic mass is 19.1. The van der Waals surface area contributed by atoms with Gasteiger partial charge in [-0.25, -0.2) is 4.39 Å². The van der Waals surface area contributed by atoms with Gasteiger partial charge in [0, 0.05) is 51.2 Å². The Labute approximate surface area is 158 Å². The van der Waals surface area contributed by atoms with E-state index in [0.717, 1.165) is 5.56 Å². The van der Waals surface area contributed by atoms with Gasteiger partial charge in [0.05, 0.1) is 20.0 Å². The van der Waals surface area contributed by atoms with Crippen LogP contribution >= 0.6 is 0 Å². The lowest BCUT2D eigenvalue weighted by Gasteiger charge is -2.35. The smallest absolute Gasteiger partial charge is 0.227 e. The molecule has 0 atom stereocenters. The number of amides is 2. The minimum atomic E-state index is -0.394. The number of hydrogen-bond donors (Lipinski definition) is 0. The summed E-state index contributed by atoms with van der Waals surface area (Å²) in [6.07, 6.45) is 4.30. The molecule has 1 aliphatic heterocycles. The van der Waals surface area contributed by atoms with Gasteiger partial charge in [0.15, 0.2) is 0 Å². The molecule has 0 spiro atoms. The van der Waals surface area contributed by atoms with E-state index in [1.165, 1.54) is 25.3 Å². The second kappa shape index (κ2) is 8.24. The highest BCUT2D eigenvalue weighted by molar-refractivity contribution is 5.81. The number of ether oxygens (including phenoxy) is 1. The van der Waals surface area contributed by atoms with Gasteiger partial charge in [0.2, 0.25) is 11.8 Å². The topological polar surface area (TPSA) is 54.8 Å². The molecule has 2 aromatic rings. The maximum absolute atomic E-state index is 13.5. The number of carbonyl (C=O) groups is 2. The molecular weight excluding hydrogens is 349 g/mol. The summed E-state index contributed by atoms with van der Waals surface area (Å²) < 4.78 is 20.6. The van der Waals surface area contributed by atoms with Crippen molar-refractivity contribution in [2.75, 3.05) is 33.3 Å². The van der Waals surface area contributed by atoms with Gasteiger partial charge in [-0.3, -0.25) is 9.59 Å². The Hall–Kier alpha value is -2.83. The summed E-state index contributed by atoms with van der Waals surface area (Å²) in [7, 11) is 3.42. The second-order valence-corrected chi connectivity index (χ2v) is 6.76. The molecule has 0 aliphatic carbocycles. The maximum Gasteiger partial charge on any atom is 0.227 e. The van der Waals surface area contributed by atoms with E-state index in [1.807, 2.05) is 30.1 Å². The van der Waals surface area contributed by atoms with Crippen molar-refractivity contribution in [2.24, 2.45) is 7.05 Å². The molecule has 27 heavy (non-hydrogen) atoms. The molecule has 7 heteroatoms. The number of benzene rings is 1. The fraction of sp³-hybridized carbons (Fsp3) is 0.400. The van der Waals surface area contributed by atoms with Crippen molar-refractivity contribution in [1.82, 2.24) is 14.4 Å². The Bertz CT molecular complexity index is 826. The van der Waals surface area contributed by atoms with E-state index in [-0.39, 0.29) is 18.2 Å². The number of carbonyl (C=O) groups excluding carboxylic acids is 2. The van der Waals surface area contributed by atoms with Crippen molar-refractivity contribution in [1.29, 1.82) is 0 Å². The van der Waals surface area contributed by atoms with E-state index in [1.54, 1.807) is 9.80 Å². The van der Waals surface area contributed by atoms with Crippen LogP contribution in [-0.2, 0) is 29.5 Å². The van der Waals surface area contributed by atoms with Crippen LogP contribution in [0.3, 0.4) is 0 Å². The maximum atomic E-state index is 13.5. The zero-order valence-corrected chi connectivity index (χ0v) is 15.7. The molecular formula is C20H24FN3O3. The molecule has 0 saturated carbocycles. The molecule has 2 amide bonds. The summed E-state index contributed by atoms with van der Waals surface area (Å²) in [6, 6.07) is 6.10. The SMILES string of the molecule is COc1ccc(F)cc1CC(=O)N1CCN(C(=O)Cc2ccn(C)c2)CC1. The highest BCUT2D eigenvalue weighted by Gasteiger charge is 2.25. The Morgan fingerprint density at radius 2 is 1.67 bits per heavy atom. The first-order valence-electron chi connectivity index (χ1n) is 8.95. The highest BCUT2D eigenvalue weighted by Crippen LogP contribution is 2.21. The predicted octanol–water partition coefficient (Wildman–Crippen LogP) is 1.63. The minimum absolute atomic E-state index is 0.0695. The van der Waals surface area contributed by atoms with E-state index in [0.29, 0.717) is 43.9 Å². The molecule has 3 rings (SSSR count). The van der Waals surface area contributed by atoms with Gasteiger partial charge in [-0.1, -0.05) is 0 Å². The first-order valence-corrected chi connectivity index (χ1v) is 8.95. The van der Waals surface area contributed by atoms with Gasteiger partial charge in [-0.2, -0.15) is 0 Å². The molecule has 0 N–H and O–H groups in total. The molecule has 6 nitrogen and oxygen atoms in total. The Kier molecular flexibility index (Phi) is 5.78. The van der Waals surface area contributed by atoms with Crippen molar-refractivity contribution in [3.8, 4) is 5.75 Å². The fourth-order valence-corrected chi connectivity index (χ4v) is 3.32. The molecule has 1 fully saturated rings. The standard InChI is InChI=1S/C20H24FN3O3/c1-22-6-5-15(14-22)11-19(25)23-7-9-24(10-8-23)20(26)13-16-12-17(21)3-4-18(16)27-2/h3-6,12,14H,7-11,13H2,1-2H3. The lowest BCUT2D eigenvalue weighted by atomic mass is 10.1. The number of piperazine rings is 1. The minimum Gasteiger partial charge on any atom is -0.496 e. The summed E-state index contributed by atoms with van der Waals surface area (Å²) in [4.78, 5) is 28.5. The van der Waals surface area contributed by atoms with Gasteiger partial charge in [-0.15, -0.1) is 0 Å². The van der Waals surface area contributed by atoms with E-state index >= 15 is 0 Å². The van der Waals surface area contributed by atoms with Crippen molar-refractivity contribution < 1.29 is 18.7 Å². The largest absolute Gasteiger partial charge is 0.496 e. The summed E-state index contributed by atoms with van der Waals surface area (Å²) in [5.74, 6) is 0.0884. The molecule has 1 aliphatic rings. The number of rotatable bonds is 5. The second-order valence-electron chi connectivity index (χ2n) is 6.76. The molecule has 1 saturated heterocycles. The quantitative estimate of drug-likeness (QED) is 0.801. The van der Waals surface area contributed by atoms with Gasteiger partial charge >= 0.3 is 0 Å². The first-order chi connectivity index (χ1) is 13.0. The number of aryl methyl sites for hydroxylation is 1. The summed E-state index contributed by atoms with van der Waals surface area (Å²) >= 11 is 0. The van der Waals surface area contributed by atoms with Crippen LogP contribution in [-0.4, -0.2) is 59.5 Å².